The van der Waals surface area contributed by atoms with Crippen LogP contribution in [0, 0.1) is 5.41 Å². The van der Waals surface area contributed by atoms with Gasteiger partial charge in [0.15, 0.2) is 0 Å². The van der Waals surface area contributed by atoms with Gasteiger partial charge in [-0.2, -0.15) is 0 Å². The van der Waals surface area contributed by atoms with Gasteiger partial charge >= 0.3 is 6.09 Å². The average Bonchev–Trinajstić information content (AvgIpc) is 2.44. The first-order valence-corrected chi connectivity index (χ1v) is 6.77. The number of rotatable bonds is 2. The Morgan fingerprint density at radius 2 is 1.89 bits per heavy atom. The van der Waals surface area contributed by atoms with Gasteiger partial charge < -0.3 is 15.0 Å². The lowest BCUT2D eigenvalue weighted by atomic mass is 9.96. The van der Waals surface area contributed by atoms with Crippen molar-refractivity contribution >= 4 is 6.09 Å². The first kappa shape index (κ1) is 15.3. The van der Waals surface area contributed by atoms with Crippen molar-refractivity contribution < 1.29 is 9.53 Å². The third kappa shape index (κ3) is 6.24. The summed E-state index contributed by atoms with van der Waals surface area (Å²) in [5.74, 6) is 0. The molecule has 4 heteroatoms. The zero-order valence-electron chi connectivity index (χ0n) is 12.7. The lowest BCUT2D eigenvalue weighted by molar-refractivity contribution is 0.0505. The summed E-state index contributed by atoms with van der Waals surface area (Å²) in [6, 6.07) is 0.224. The molecule has 1 saturated heterocycles. The Labute approximate surface area is 111 Å². The summed E-state index contributed by atoms with van der Waals surface area (Å²) in [7, 11) is 0. The minimum atomic E-state index is -0.423. The molecule has 1 aliphatic rings. The lowest BCUT2D eigenvalue weighted by Crippen LogP contribution is -2.41. The Morgan fingerprint density at radius 3 is 2.39 bits per heavy atom. The van der Waals surface area contributed by atoms with E-state index in [2.05, 4.69) is 31.0 Å². The molecule has 1 amide bonds. The third-order valence-corrected chi connectivity index (χ3v) is 2.69. The van der Waals surface area contributed by atoms with Gasteiger partial charge in [-0.05, 0) is 32.6 Å². The monoisotopic (exact) mass is 256 g/mol. The van der Waals surface area contributed by atoms with Crippen LogP contribution < -0.4 is 5.32 Å². The van der Waals surface area contributed by atoms with Crippen LogP contribution in [0.5, 0.6) is 0 Å². The van der Waals surface area contributed by atoms with Crippen LogP contribution in [0.1, 0.15) is 48.0 Å². The lowest BCUT2D eigenvalue weighted by Gasteiger charge is -2.26. The minimum absolute atomic E-state index is 0.224. The van der Waals surface area contributed by atoms with Crippen LogP contribution in [0.25, 0.3) is 0 Å². The Morgan fingerprint density at radius 1 is 1.28 bits per heavy atom. The molecule has 1 aliphatic heterocycles. The van der Waals surface area contributed by atoms with Gasteiger partial charge in [-0.15, -0.1) is 0 Å². The largest absolute Gasteiger partial charge is 0.444 e. The summed E-state index contributed by atoms with van der Waals surface area (Å²) in [6.07, 6.45) is 0.708. The maximum atomic E-state index is 11.7. The molecule has 0 spiro atoms. The molecule has 0 saturated carbocycles. The van der Waals surface area contributed by atoms with Gasteiger partial charge in [-0.25, -0.2) is 4.79 Å². The molecule has 1 atom stereocenters. The highest BCUT2D eigenvalue weighted by Crippen LogP contribution is 2.19. The average molecular weight is 256 g/mol. The zero-order valence-corrected chi connectivity index (χ0v) is 12.7. The van der Waals surface area contributed by atoms with Crippen LogP contribution >= 0.6 is 0 Å². The number of alkyl carbamates (subject to hydrolysis) is 1. The molecule has 0 aliphatic carbocycles. The van der Waals surface area contributed by atoms with Crippen LogP contribution in [0.2, 0.25) is 0 Å². The molecule has 1 rings (SSSR count). The fraction of sp³-hybridized carbons (Fsp3) is 0.929. The summed E-state index contributed by atoms with van der Waals surface area (Å²) in [5.41, 5.74) is -0.116. The first-order valence-electron chi connectivity index (χ1n) is 6.77. The van der Waals surface area contributed by atoms with Gasteiger partial charge in [0.25, 0.3) is 0 Å². The zero-order chi connectivity index (χ0) is 14.0. The fourth-order valence-corrected chi connectivity index (χ4v) is 2.24. The third-order valence-electron chi connectivity index (χ3n) is 2.69. The standard InChI is InChI=1S/C14H28N2O2/c1-13(2,3)10-16-8-7-11(9-16)15-12(17)18-14(4,5)6/h11H,7-10H2,1-6H3,(H,15,17)/t11-/m0/s1. The summed E-state index contributed by atoms with van der Waals surface area (Å²) >= 11 is 0. The molecule has 0 aromatic heterocycles. The Kier molecular flexibility index (Phi) is 4.65. The smallest absolute Gasteiger partial charge is 0.407 e. The molecule has 18 heavy (non-hydrogen) atoms. The van der Waals surface area contributed by atoms with Crippen LogP contribution in [-0.4, -0.2) is 42.3 Å². The van der Waals surface area contributed by atoms with Crippen molar-refractivity contribution in [3.05, 3.63) is 0 Å². The molecule has 0 unspecified atom stereocenters. The van der Waals surface area contributed by atoms with E-state index in [1.54, 1.807) is 0 Å². The van der Waals surface area contributed by atoms with E-state index in [0.717, 1.165) is 26.1 Å². The highest BCUT2D eigenvalue weighted by atomic mass is 16.6. The highest BCUT2D eigenvalue weighted by molar-refractivity contribution is 5.68. The number of ether oxygens (including phenoxy) is 1. The quantitative estimate of drug-likeness (QED) is 0.826. The number of hydrogen-bond acceptors (Lipinski definition) is 3. The van der Waals surface area contributed by atoms with E-state index in [-0.39, 0.29) is 12.1 Å². The molecule has 1 N–H and O–H groups in total. The van der Waals surface area contributed by atoms with Crippen molar-refractivity contribution in [3.63, 3.8) is 0 Å². The van der Waals surface area contributed by atoms with E-state index >= 15 is 0 Å². The van der Waals surface area contributed by atoms with Gasteiger partial charge in [0, 0.05) is 25.7 Å². The second-order valence-corrected chi connectivity index (χ2v) is 7.43. The van der Waals surface area contributed by atoms with Crippen LogP contribution in [0.15, 0.2) is 0 Å². The Bertz CT molecular complexity index is 289. The second kappa shape index (κ2) is 5.47. The van der Waals surface area contributed by atoms with Crippen molar-refractivity contribution in [1.29, 1.82) is 0 Å². The van der Waals surface area contributed by atoms with E-state index < -0.39 is 5.60 Å². The van der Waals surface area contributed by atoms with Gasteiger partial charge in [-0.3, -0.25) is 0 Å². The number of likely N-dealkylation sites (tertiary alicyclic amines) is 1. The Balaban J connectivity index is 2.32. The normalized spacial score (nSPS) is 22.0. The molecule has 0 aromatic rings. The van der Waals surface area contributed by atoms with Crippen LogP contribution in [0.4, 0.5) is 4.79 Å². The van der Waals surface area contributed by atoms with E-state index in [0.29, 0.717) is 5.41 Å². The Hall–Kier alpha value is -0.770. The van der Waals surface area contributed by atoms with E-state index in [9.17, 15) is 4.79 Å². The highest BCUT2D eigenvalue weighted by Gasteiger charge is 2.28. The van der Waals surface area contributed by atoms with Crippen LogP contribution in [-0.2, 0) is 4.74 Å². The summed E-state index contributed by atoms with van der Waals surface area (Å²) in [6.45, 7) is 15.4. The summed E-state index contributed by atoms with van der Waals surface area (Å²) in [4.78, 5) is 14.1. The van der Waals surface area contributed by atoms with Crippen molar-refractivity contribution in [2.75, 3.05) is 19.6 Å². The molecule has 4 nitrogen and oxygen atoms in total. The van der Waals surface area contributed by atoms with Gasteiger partial charge in [0.05, 0.1) is 0 Å². The van der Waals surface area contributed by atoms with Crippen molar-refractivity contribution in [2.45, 2.75) is 59.6 Å². The number of nitrogens with one attached hydrogen (secondary N) is 1. The van der Waals surface area contributed by atoms with Crippen LogP contribution in [0.3, 0.4) is 0 Å². The number of carbonyl (C=O) groups excluding carboxylic acids is 1. The first-order chi connectivity index (χ1) is 8.05. The molecular weight excluding hydrogens is 228 g/mol. The van der Waals surface area contributed by atoms with Crippen molar-refractivity contribution in [3.8, 4) is 0 Å². The predicted octanol–water partition coefficient (Wildman–Crippen LogP) is 2.63. The molecule has 1 heterocycles. The topological polar surface area (TPSA) is 41.6 Å². The van der Waals surface area contributed by atoms with Crippen molar-refractivity contribution in [2.24, 2.45) is 5.41 Å². The maximum absolute atomic E-state index is 11.7. The summed E-state index contributed by atoms with van der Waals surface area (Å²) < 4.78 is 5.27. The van der Waals surface area contributed by atoms with E-state index in [1.165, 1.54) is 0 Å². The number of amides is 1. The van der Waals surface area contributed by atoms with E-state index in [1.807, 2.05) is 20.8 Å². The predicted molar refractivity (Wildman–Crippen MR) is 73.7 cm³/mol. The molecule has 0 aromatic carbocycles. The summed E-state index contributed by atoms with van der Waals surface area (Å²) in [5, 5.41) is 2.95. The molecule has 0 bridgehead atoms. The van der Waals surface area contributed by atoms with E-state index in [4.69, 9.17) is 4.74 Å². The molecule has 1 fully saturated rings. The molecule has 0 radical (unpaired) electrons. The van der Waals surface area contributed by atoms with Gasteiger partial charge in [-0.1, -0.05) is 20.8 Å². The minimum Gasteiger partial charge on any atom is -0.444 e. The molecule has 106 valence electrons. The number of nitrogens with zero attached hydrogens (tertiary/aromatic N) is 1. The van der Waals surface area contributed by atoms with Gasteiger partial charge in [0.2, 0.25) is 0 Å². The number of carbonyl (C=O) groups is 1. The second-order valence-electron chi connectivity index (χ2n) is 7.43. The molecular formula is C14H28N2O2. The van der Waals surface area contributed by atoms with Crippen molar-refractivity contribution in [1.82, 2.24) is 10.2 Å². The van der Waals surface area contributed by atoms with Gasteiger partial charge in [0.1, 0.15) is 5.60 Å². The SMILES string of the molecule is CC(C)(C)CN1CC[C@H](NC(=O)OC(C)(C)C)C1. The maximum Gasteiger partial charge on any atom is 0.407 e. The number of hydrogen-bond donors (Lipinski definition) is 1. The fourth-order valence-electron chi connectivity index (χ4n) is 2.24.